The van der Waals surface area contributed by atoms with Gasteiger partial charge in [0.05, 0.1) is 0 Å². The molecule has 0 aliphatic carbocycles. The van der Waals surface area contributed by atoms with Gasteiger partial charge in [0.1, 0.15) is 5.56 Å². The van der Waals surface area contributed by atoms with E-state index in [1.165, 1.54) is 25.1 Å². The van der Waals surface area contributed by atoms with E-state index in [0.29, 0.717) is 5.56 Å². The lowest BCUT2D eigenvalue weighted by atomic mass is 10.1. The first kappa shape index (κ1) is 10.2. The zero-order valence-electron chi connectivity index (χ0n) is 7.48. The maximum Gasteiger partial charge on any atom is 0.339 e. The molecule has 0 atom stereocenters. The van der Waals surface area contributed by atoms with Crippen LogP contribution in [0.3, 0.4) is 0 Å². The summed E-state index contributed by atoms with van der Waals surface area (Å²) in [5.74, 6) is 3.50. The van der Waals surface area contributed by atoms with Crippen LogP contribution in [0, 0.1) is 0 Å². The van der Waals surface area contributed by atoms with Crippen LogP contribution in [0.1, 0.15) is 27.6 Å². The minimum atomic E-state index is -1.19. The Labute approximate surface area is 80.1 Å². The minimum Gasteiger partial charge on any atom is -0.478 e. The van der Waals surface area contributed by atoms with Crippen molar-refractivity contribution in [3.05, 3.63) is 29.3 Å². The van der Waals surface area contributed by atoms with Crippen molar-refractivity contribution in [2.45, 2.75) is 6.92 Å². The van der Waals surface area contributed by atoms with E-state index >= 15 is 0 Å². The Kier molecular flexibility index (Phi) is 2.83. The van der Waals surface area contributed by atoms with E-state index in [-0.39, 0.29) is 17.1 Å². The number of carbonyl (C=O) groups excluding carboxylic acids is 1. The van der Waals surface area contributed by atoms with Crippen molar-refractivity contribution in [3.63, 3.8) is 0 Å². The van der Waals surface area contributed by atoms with Gasteiger partial charge >= 0.3 is 5.97 Å². The van der Waals surface area contributed by atoms with Crippen LogP contribution in [-0.2, 0) is 0 Å². The molecule has 0 spiro atoms. The number of carboxylic acid groups (broad SMARTS) is 1. The summed E-state index contributed by atoms with van der Waals surface area (Å²) in [6.07, 6.45) is 0. The third-order valence-corrected chi connectivity index (χ3v) is 1.74. The van der Waals surface area contributed by atoms with Gasteiger partial charge in [-0.2, -0.15) is 5.90 Å². The number of hydrogen-bond donors (Lipinski definition) is 2. The monoisotopic (exact) mass is 195 g/mol. The highest BCUT2D eigenvalue weighted by atomic mass is 16.6. The summed E-state index contributed by atoms with van der Waals surface area (Å²) < 4.78 is 0. The molecule has 3 N–H and O–H groups in total. The van der Waals surface area contributed by atoms with E-state index in [0.717, 1.165) is 0 Å². The molecule has 14 heavy (non-hydrogen) atoms. The Morgan fingerprint density at radius 1 is 1.43 bits per heavy atom. The second-order valence-electron chi connectivity index (χ2n) is 2.69. The second kappa shape index (κ2) is 3.89. The highest BCUT2D eigenvalue weighted by Gasteiger charge is 2.13. The highest BCUT2D eigenvalue weighted by Crippen LogP contribution is 2.19. The summed E-state index contributed by atoms with van der Waals surface area (Å²) >= 11 is 0. The number of rotatable bonds is 3. The van der Waals surface area contributed by atoms with Crippen LogP contribution in [0.4, 0.5) is 0 Å². The first-order valence-electron chi connectivity index (χ1n) is 3.81. The summed E-state index contributed by atoms with van der Waals surface area (Å²) in [6, 6.07) is 4.03. The first-order valence-corrected chi connectivity index (χ1v) is 3.81. The van der Waals surface area contributed by atoms with Crippen LogP contribution in [-0.4, -0.2) is 16.9 Å². The lowest BCUT2D eigenvalue weighted by Crippen LogP contribution is -2.09. The van der Waals surface area contributed by atoms with Gasteiger partial charge in [-0.3, -0.25) is 4.79 Å². The number of hydrogen-bond acceptors (Lipinski definition) is 4. The molecule has 5 heteroatoms. The number of ketones is 1. The molecule has 0 aliphatic heterocycles. The molecule has 0 fully saturated rings. The summed E-state index contributed by atoms with van der Waals surface area (Å²) in [7, 11) is 0. The SMILES string of the molecule is CC(=O)c1ccc(ON)c(C(=O)O)c1. The van der Waals surface area contributed by atoms with Gasteiger partial charge in [0.15, 0.2) is 11.5 Å². The van der Waals surface area contributed by atoms with Crippen molar-refractivity contribution < 1.29 is 19.5 Å². The van der Waals surface area contributed by atoms with Crippen LogP contribution in [0.25, 0.3) is 0 Å². The van der Waals surface area contributed by atoms with Crippen molar-refractivity contribution in [1.82, 2.24) is 0 Å². The minimum absolute atomic E-state index is 0.0301. The van der Waals surface area contributed by atoms with Gasteiger partial charge in [-0.1, -0.05) is 0 Å². The summed E-state index contributed by atoms with van der Waals surface area (Å²) in [5.41, 5.74) is 0.184. The zero-order chi connectivity index (χ0) is 10.7. The number of nitrogens with two attached hydrogens (primary N) is 1. The molecule has 1 aromatic rings. The lowest BCUT2D eigenvalue weighted by Gasteiger charge is -2.04. The van der Waals surface area contributed by atoms with Gasteiger partial charge in [-0.15, -0.1) is 0 Å². The van der Waals surface area contributed by atoms with Crippen LogP contribution in [0.2, 0.25) is 0 Å². The molecule has 1 rings (SSSR count). The van der Waals surface area contributed by atoms with Crippen LogP contribution >= 0.6 is 0 Å². The molecule has 0 aliphatic rings. The number of aromatic carboxylic acids is 1. The van der Waals surface area contributed by atoms with E-state index in [9.17, 15) is 9.59 Å². The van der Waals surface area contributed by atoms with Crippen molar-refractivity contribution in [3.8, 4) is 5.75 Å². The number of carbonyl (C=O) groups is 2. The smallest absolute Gasteiger partial charge is 0.339 e. The normalized spacial score (nSPS) is 9.57. The molecule has 1 aromatic carbocycles. The molecule has 0 unspecified atom stereocenters. The summed E-state index contributed by atoms with van der Waals surface area (Å²) in [4.78, 5) is 26.0. The molecular weight excluding hydrogens is 186 g/mol. The fourth-order valence-corrected chi connectivity index (χ4v) is 1.02. The molecule has 0 heterocycles. The maximum atomic E-state index is 11.0. The Hall–Kier alpha value is -1.88. The van der Waals surface area contributed by atoms with Gasteiger partial charge in [0.25, 0.3) is 0 Å². The molecule has 0 saturated carbocycles. The van der Waals surface area contributed by atoms with E-state index in [4.69, 9.17) is 11.0 Å². The predicted molar refractivity (Wildman–Crippen MR) is 48.2 cm³/mol. The first-order chi connectivity index (χ1) is 6.56. The third-order valence-electron chi connectivity index (χ3n) is 1.74. The Balaban J connectivity index is 3.27. The van der Waals surface area contributed by atoms with Crippen molar-refractivity contribution in [2.75, 3.05) is 0 Å². The van der Waals surface area contributed by atoms with E-state index in [2.05, 4.69) is 4.84 Å². The van der Waals surface area contributed by atoms with E-state index in [1.807, 2.05) is 0 Å². The number of Topliss-reactive ketones (excluding diaryl/α,β-unsaturated/α-hetero) is 1. The quantitative estimate of drug-likeness (QED) is 0.551. The standard InChI is InChI=1S/C9H9NO4/c1-5(11)6-2-3-8(14-10)7(4-6)9(12)13/h2-4H,10H2,1H3,(H,12,13). The fourth-order valence-electron chi connectivity index (χ4n) is 1.02. The van der Waals surface area contributed by atoms with Gasteiger partial charge in [-0.25, -0.2) is 4.79 Å². The van der Waals surface area contributed by atoms with E-state index in [1.54, 1.807) is 0 Å². The maximum absolute atomic E-state index is 11.0. The zero-order valence-corrected chi connectivity index (χ0v) is 7.48. The average molecular weight is 195 g/mol. The predicted octanol–water partition coefficient (Wildman–Crippen LogP) is 0.840. The molecule has 74 valence electrons. The van der Waals surface area contributed by atoms with Gasteiger partial charge < -0.3 is 9.94 Å². The fraction of sp³-hybridized carbons (Fsp3) is 0.111. The number of carboxylic acids is 1. The van der Waals surface area contributed by atoms with Gasteiger partial charge in [-0.05, 0) is 25.1 Å². The summed E-state index contributed by atoms with van der Waals surface area (Å²) in [5, 5.41) is 8.76. The largest absolute Gasteiger partial charge is 0.478 e. The summed E-state index contributed by atoms with van der Waals surface area (Å²) in [6.45, 7) is 1.35. The second-order valence-corrected chi connectivity index (χ2v) is 2.69. The Morgan fingerprint density at radius 3 is 2.50 bits per heavy atom. The number of benzene rings is 1. The van der Waals surface area contributed by atoms with Crippen LogP contribution < -0.4 is 10.7 Å². The highest BCUT2D eigenvalue weighted by molar-refractivity contribution is 5.98. The van der Waals surface area contributed by atoms with Crippen LogP contribution in [0.5, 0.6) is 5.75 Å². The molecule has 0 amide bonds. The van der Waals surface area contributed by atoms with E-state index < -0.39 is 5.97 Å². The topological polar surface area (TPSA) is 89.6 Å². The van der Waals surface area contributed by atoms with Gasteiger partial charge in [0.2, 0.25) is 0 Å². The van der Waals surface area contributed by atoms with Gasteiger partial charge in [0, 0.05) is 5.56 Å². The molecule has 0 bridgehead atoms. The Morgan fingerprint density at radius 2 is 2.07 bits per heavy atom. The Bertz CT molecular complexity index is 386. The molecule has 0 saturated heterocycles. The van der Waals surface area contributed by atoms with Crippen molar-refractivity contribution in [1.29, 1.82) is 0 Å². The lowest BCUT2D eigenvalue weighted by molar-refractivity contribution is 0.0692. The average Bonchev–Trinajstić information content (AvgIpc) is 2.16. The van der Waals surface area contributed by atoms with Crippen molar-refractivity contribution in [2.24, 2.45) is 5.90 Å². The third kappa shape index (κ3) is 1.89. The molecule has 0 radical (unpaired) electrons. The van der Waals surface area contributed by atoms with Crippen molar-refractivity contribution >= 4 is 11.8 Å². The molecule has 5 nitrogen and oxygen atoms in total. The molecular formula is C9H9NO4. The molecule has 0 aromatic heterocycles. The van der Waals surface area contributed by atoms with Crippen LogP contribution in [0.15, 0.2) is 18.2 Å².